The number of rotatable bonds is 4. The predicted octanol–water partition coefficient (Wildman–Crippen LogP) is 3.98. The predicted molar refractivity (Wildman–Crippen MR) is 70.3 cm³/mol. The lowest BCUT2D eigenvalue weighted by molar-refractivity contribution is 0.111. The Balaban J connectivity index is 2.10. The highest BCUT2D eigenvalue weighted by Gasteiger charge is 2.04. The fraction of sp³-hybridized carbons (Fsp3) is 0.0714. The number of ether oxygens (including phenoxy) is 1. The van der Waals surface area contributed by atoms with Crippen LogP contribution in [0.5, 0.6) is 5.75 Å². The molecule has 0 aliphatic rings. The Hall–Kier alpha value is -1.68. The maximum Gasteiger partial charge on any atom is 0.153 e. The van der Waals surface area contributed by atoms with Gasteiger partial charge < -0.3 is 4.74 Å². The number of halogens is 2. The highest BCUT2D eigenvalue weighted by atomic mass is 79.9. The Kier molecular flexibility index (Phi) is 4.10. The van der Waals surface area contributed by atoms with Crippen LogP contribution in [0.25, 0.3) is 0 Å². The molecule has 0 radical (unpaired) electrons. The molecule has 0 saturated carbocycles. The highest BCUT2D eigenvalue weighted by Crippen LogP contribution is 2.19. The second-order valence-corrected chi connectivity index (χ2v) is 4.63. The molecule has 0 aromatic heterocycles. The molecule has 0 amide bonds. The van der Waals surface area contributed by atoms with Crippen molar-refractivity contribution >= 4 is 22.2 Å². The van der Waals surface area contributed by atoms with Crippen LogP contribution < -0.4 is 4.74 Å². The highest BCUT2D eigenvalue weighted by molar-refractivity contribution is 9.10. The first-order valence-corrected chi connectivity index (χ1v) is 6.10. The summed E-state index contributed by atoms with van der Waals surface area (Å²) in [5, 5.41) is 0. The van der Waals surface area contributed by atoms with Crippen molar-refractivity contribution in [3.63, 3.8) is 0 Å². The summed E-state index contributed by atoms with van der Waals surface area (Å²) in [5.74, 6) is -0.0672. The third-order valence-corrected chi connectivity index (χ3v) is 2.94. The van der Waals surface area contributed by atoms with Gasteiger partial charge >= 0.3 is 0 Å². The minimum atomic E-state index is -0.451. The van der Waals surface area contributed by atoms with Gasteiger partial charge in [0.2, 0.25) is 0 Å². The number of carbonyl (C=O) groups excluding carboxylic acids is 1. The van der Waals surface area contributed by atoms with Crippen LogP contribution in [0.3, 0.4) is 0 Å². The number of hydrogen-bond acceptors (Lipinski definition) is 2. The Morgan fingerprint density at radius 3 is 2.56 bits per heavy atom. The molecular weight excluding hydrogens is 299 g/mol. The molecule has 92 valence electrons. The average molecular weight is 309 g/mol. The zero-order chi connectivity index (χ0) is 13.0. The summed E-state index contributed by atoms with van der Waals surface area (Å²) in [6.07, 6.45) is 0.583. The second-order valence-electron chi connectivity index (χ2n) is 3.72. The summed E-state index contributed by atoms with van der Waals surface area (Å²) in [5.41, 5.74) is 1.19. The Labute approximate surface area is 113 Å². The van der Waals surface area contributed by atoms with Crippen LogP contribution in [0.2, 0.25) is 0 Å². The van der Waals surface area contributed by atoms with Gasteiger partial charge in [-0.25, -0.2) is 4.39 Å². The van der Waals surface area contributed by atoms with Crippen molar-refractivity contribution in [1.82, 2.24) is 0 Å². The number of benzene rings is 2. The summed E-state index contributed by atoms with van der Waals surface area (Å²) in [6, 6.07) is 11.5. The number of aldehydes is 1. The summed E-state index contributed by atoms with van der Waals surface area (Å²) in [4.78, 5) is 10.8. The molecule has 2 nitrogen and oxygen atoms in total. The van der Waals surface area contributed by atoms with E-state index in [0.29, 0.717) is 18.6 Å². The van der Waals surface area contributed by atoms with E-state index >= 15 is 0 Å². The Bertz CT molecular complexity index is 552. The molecule has 2 aromatic rings. The van der Waals surface area contributed by atoms with E-state index < -0.39 is 5.82 Å². The standard InChI is InChI=1S/C14H10BrFO2/c15-12-3-1-10(2-4-12)9-18-14-6-5-13(16)7-11(14)8-17/h1-8H,9H2. The van der Waals surface area contributed by atoms with E-state index in [1.54, 1.807) is 0 Å². The molecule has 18 heavy (non-hydrogen) atoms. The molecule has 0 fully saturated rings. The smallest absolute Gasteiger partial charge is 0.153 e. The fourth-order valence-electron chi connectivity index (χ4n) is 1.48. The van der Waals surface area contributed by atoms with E-state index in [1.165, 1.54) is 12.1 Å². The van der Waals surface area contributed by atoms with Crippen LogP contribution in [0.4, 0.5) is 4.39 Å². The van der Waals surface area contributed by atoms with Gasteiger partial charge in [0.15, 0.2) is 6.29 Å². The molecule has 0 bridgehead atoms. The van der Waals surface area contributed by atoms with Gasteiger partial charge in [-0.2, -0.15) is 0 Å². The SMILES string of the molecule is O=Cc1cc(F)ccc1OCc1ccc(Br)cc1. The molecule has 0 heterocycles. The average Bonchev–Trinajstić information content (AvgIpc) is 2.39. The fourth-order valence-corrected chi connectivity index (χ4v) is 1.75. The van der Waals surface area contributed by atoms with Crippen molar-refractivity contribution in [3.8, 4) is 5.75 Å². The summed E-state index contributed by atoms with van der Waals surface area (Å²) in [6.45, 7) is 0.333. The van der Waals surface area contributed by atoms with Crippen LogP contribution >= 0.6 is 15.9 Å². The van der Waals surface area contributed by atoms with Gasteiger partial charge in [-0.05, 0) is 35.9 Å². The maximum absolute atomic E-state index is 12.9. The Morgan fingerprint density at radius 1 is 1.17 bits per heavy atom. The van der Waals surface area contributed by atoms with Crippen LogP contribution in [-0.2, 0) is 6.61 Å². The molecule has 0 unspecified atom stereocenters. The van der Waals surface area contributed by atoms with Gasteiger partial charge in [0.25, 0.3) is 0 Å². The lowest BCUT2D eigenvalue weighted by Gasteiger charge is -2.08. The molecule has 4 heteroatoms. The molecule has 0 atom stereocenters. The van der Waals surface area contributed by atoms with E-state index in [4.69, 9.17) is 4.74 Å². The summed E-state index contributed by atoms with van der Waals surface area (Å²) in [7, 11) is 0. The monoisotopic (exact) mass is 308 g/mol. The van der Waals surface area contributed by atoms with E-state index in [2.05, 4.69) is 15.9 Å². The third-order valence-electron chi connectivity index (χ3n) is 2.41. The zero-order valence-corrected chi connectivity index (χ0v) is 11.0. The number of carbonyl (C=O) groups is 1. The maximum atomic E-state index is 12.9. The lowest BCUT2D eigenvalue weighted by Crippen LogP contribution is -1.98. The van der Waals surface area contributed by atoms with Gasteiger partial charge in [-0.3, -0.25) is 4.79 Å². The quantitative estimate of drug-likeness (QED) is 0.799. The summed E-state index contributed by atoms with van der Waals surface area (Å²) >= 11 is 3.34. The first kappa shape index (κ1) is 12.8. The van der Waals surface area contributed by atoms with Gasteiger partial charge in [-0.15, -0.1) is 0 Å². The van der Waals surface area contributed by atoms with Crippen LogP contribution in [0, 0.1) is 5.82 Å². The first-order valence-electron chi connectivity index (χ1n) is 5.31. The normalized spacial score (nSPS) is 10.1. The molecule has 0 N–H and O–H groups in total. The van der Waals surface area contributed by atoms with Gasteiger partial charge in [0, 0.05) is 4.47 Å². The van der Waals surface area contributed by atoms with Gasteiger partial charge in [0.05, 0.1) is 5.56 Å². The molecule has 0 aliphatic heterocycles. The third kappa shape index (κ3) is 3.17. The number of hydrogen-bond donors (Lipinski definition) is 0. The van der Waals surface area contributed by atoms with Crippen molar-refractivity contribution < 1.29 is 13.9 Å². The largest absolute Gasteiger partial charge is 0.488 e. The zero-order valence-electron chi connectivity index (χ0n) is 9.40. The van der Waals surface area contributed by atoms with Gasteiger partial charge in [-0.1, -0.05) is 28.1 Å². The van der Waals surface area contributed by atoms with E-state index in [0.717, 1.165) is 16.1 Å². The molecule has 2 rings (SSSR count). The molecule has 0 spiro atoms. The van der Waals surface area contributed by atoms with E-state index in [1.807, 2.05) is 24.3 Å². The van der Waals surface area contributed by atoms with Crippen molar-refractivity contribution in [2.45, 2.75) is 6.61 Å². The topological polar surface area (TPSA) is 26.3 Å². The first-order chi connectivity index (χ1) is 8.69. The van der Waals surface area contributed by atoms with Crippen molar-refractivity contribution in [2.75, 3.05) is 0 Å². The van der Waals surface area contributed by atoms with E-state index in [9.17, 15) is 9.18 Å². The molecule has 2 aromatic carbocycles. The molecule has 0 aliphatic carbocycles. The lowest BCUT2D eigenvalue weighted by atomic mass is 10.2. The van der Waals surface area contributed by atoms with Gasteiger partial charge in [0.1, 0.15) is 18.2 Å². The van der Waals surface area contributed by atoms with Crippen molar-refractivity contribution in [1.29, 1.82) is 0 Å². The minimum Gasteiger partial charge on any atom is -0.488 e. The summed E-state index contributed by atoms with van der Waals surface area (Å²) < 4.78 is 19.4. The van der Waals surface area contributed by atoms with Crippen LogP contribution in [-0.4, -0.2) is 6.29 Å². The van der Waals surface area contributed by atoms with Crippen molar-refractivity contribution in [2.24, 2.45) is 0 Å². The minimum absolute atomic E-state index is 0.215. The van der Waals surface area contributed by atoms with E-state index in [-0.39, 0.29) is 5.56 Å². The second kappa shape index (κ2) is 5.78. The molecular formula is C14H10BrFO2. The van der Waals surface area contributed by atoms with Crippen LogP contribution in [0.1, 0.15) is 15.9 Å². The Morgan fingerprint density at radius 2 is 1.89 bits per heavy atom. The van der Waals surface area contributed by atoms with Crippen LogP contribution in [0.15, 0.2) is 46.9 Å². The van der Waals surface area contributed by atoms with Crippen molar-refractivity contribution in [3.05, 3.63) is 63.9 Å². The molecule has 0 saturated heterocycles.